The Morgan fingerprint density at radius 1 is 0.963 bits per heavy atom. The van der Waals surface area contributed by atoms with Gasteiger partial charge in [-0.25, -0.2) is 4.79 Å². The van der Waals surface area contributed by atoms with Crippen molar-refractivity contribution in [3.8, 4) is 17.2 Å². The zero-order chi connectivity index (χ0) is 20.0. The largest absolute Gasteiger partial charge is 0.497 e. The van der Waals surface area contributed by atoms with Crippen LogP contribution in [0.3, 0.4) is 0 Å². The van der Waals surface area contributed by atoms with Crippen molar-refractivity contribution in [2.45, 2.75) is 13.0 Å². The number of halogens is 1. The second-order valence-corrected chi connectivity index (χ2v) is 5.88. The predicted octanol–water partition coefficient (Wildman–Crippen LogP) is 3.55. The van der Waals surface area contributed by atoms with E-state index in [2.05, 4.69) is 5.32 Å². The molecule has 2 aromatic rings. The van der Waals surface area contributed by atoms with Crippen molar-refractivity contribution < 1.29 is 28.5 Å². The summed E-state index contributed by atoms with van der Waals surface area (Å²) in [5, 5.41) is 3.06. The minimum atomic E-state index is -1.07. The first-order valence-electron chi connectivity index (χ1n) is 7.97. The van der Waals surface area contributed by atoms with E-state index in [1.54, 1.807) is 24.3 Å². The van der Waals surface area contributed by atoms with Crippen LogP contribution in [0.15, 0.2) is 36.4 Å². The van der Waals surface area contributed by atoms with Crippen LogP contribution in [-0.2, 0) is 9.53 Å². The molecule has 0 unspecified atom stereocenters. The number of benzene rings is 2. The zero-order valence-corrected chi connectivity index (χ0v) is 16.1. The number of rotatable bonds is 7. The molecule has 2 rings (SSSR count). The first kappa shape index (κ1) is 20.4. The van der Waals surface area contributed by atoms with E-state index in [0.717, 1.165) is 0 Å². The Balaban J connectivity index is 2.13. The number of hydrogen-bond donors (Lipinski definition) is 1. The third-order valence-corrected chi connectivity index (χ3v) is 3.93. The van der Waals surface area contributed by atoms with Gasteiger partial charge in [-0.3, -0.25) is 4.79 Å². The molecule has 0 saturated carbocycles. The maximum atomic E-state index is 12.5. The molecule has 0 radical (unpaired) electrons. The summed E-state index contributed by atoms with van der Waals surface area (Å²) in [5.74, 6) is -0.0496. The molecule has 7 nitrogen and oxygen atoms in total. The lowest BCUT2D eigenvalue weighted by Crippen LogP contribution is -2.30. The van der Waals surface area contributed by atoms with Gasteiger partial charge < -0.3 is 24.3 Å². The first-order valence-corrected chi connectivity index (χ1v) is 8.34. The molecule has 2 aromatic carbocycles. The molecule has 27 heavy (non-hydrogen) atoms. The zero-order valence-electron chi connectivity index (χ0n) is 15.4. The maximum absolute atomic E-state index is 12.5. The van der Waals surface area contributed by atoms with Gasteiger partial charge in [0.15, 0.2) is 6.10 Å². The lowest BCUT2D eigenvalue weighted by atomic mass is 10.2. The fourth-order valence-corrected chi connectivity index (χ4v) is 2.44. The van der Waals surface area contributed by atoms with Crippen LogP contribution in [-0.4, -0.2) is 39.3 Å². The van der Waals surface area contributed by atoms with E-state index < -0.39 is 18.0 Å². The fourth-order valence-electron chi connectivity index (χ4n) is 2.26. The molecule has 0 saturated heterocycles. The molecule has 144 valence electrons. The van der Waals surface area contributed by atoms with E-state index in [0.29, 0.717) is 28.0 Å². The van der Waals surface area contributed by atoms with E-state index in [1.807, 2.05) is 0 Å². The lowest BCUT2D eigenvalue weighted by Gasteiger charge is -2.16. The van der Waals surface area contributed by atoms with Crippen LogP contribution in [0, 0.1) is 0 Å². The van der Waals surface area contributed by atoms with E-state index in [4.69, 9.17) is 30.5 Å². The van der Waals surface area contributed by atoms with Gasteiger partial charge in [0.05, 0.1) is 27.0 Å². The van der Waals surface area contributed by atoms with Crippen molar-refractivity contribution in [1.29, 1.82) is 0 Å². The lowest BCUT2D eigenvalue weighted by molar-refractivity contribution is -0.123. The molecule has 0 aliphatic rings. The number of methoxy groups -OCH3 is 3. The molecule has 0 aliphatic heterocycles. The van der Waals surface area contributed by atoms with Crippen LogP contribution < -0.4 is 19.5 Å². The summed E-state index contributed by atoms with van der Waals surface area (Å²) in [7, 11) is 4.38. The van der Waals surface area contributed by atoms with E-state index >= 15 is 0 Å². The van der Waals surface area contributed by atoms with Crippen LogP contribution in [0.4, 0.5) is 5.69 Å². The average Bonchev–Trinajstić information content (AvgIpc) is 2.67. The summed E-state index contributed by atoms with van der Waals surface area (Å²) in [6, 6.07) is 9.50. The van der Waals surface area contributed by atoms with Gasteiger partial charge in [0, 0.05) is 5.02 Å². The Morgan fingerprint density at radius 3 is 2.26 bits per heavy atom. The normalized spacial score (nSPS) is 11.3. The number of anilines is 1. The van der Waals surface area contributed by atoms with Gasteiger partial charge >= 0.3 is 5.97 Å². The Bertz CT molecular complexity index is 839. The highest BCUT2D eigenvalue weighted by atomic mass is 35.5. The number of hydrogen-bond acceptors (Lipinski definition) is 6. The van der Waals surface area contributed by atoms with Crippen LogP contribution in [0.25, 0.3) is 0 Å². The Morgan fingerprint density at radius 2 is 1.63 bits per heavy atom. The molecule has 0 fully saturated rings. The van der Waals surface area contributed by atoms with Gasteiger partial charge in [-0.05, 0) is 43.3 Å². The van der Waals surface area contributed by atoms with Crippen molar-refractivity contribution in [3.63, 3.8) is 0 Å². The molecular formula is C19H20ClNO6. The second kappa shape index (κ2) is 9.14. The molecule has 1 N–H and O–H groups in total. The van der Waals surface area contributed by atoms with E-state index in [1.165, 1.54) is 40.4 Å². The van der Waals surface area contributed by atoms with Gasteiger partial charge in [-0.2, -0.15) is 0 Å². The molecule has 0 bridgehead atoms. The van der Waals surface area contributed by atoms with Crippen molar-refractivity contribution in [3.05, 3.63) is 47.0 Å². The van der Waals surface area contributed by atoms with Crippen LogP contribution in [0.1, 0.15) is 17.3 Å². The third-order valence-electron chi connectivity index (χ3n) is 3.70. The SMILES string of the molecule is COc1ccc(OC)c(C(=O)O[C@H](C)C(=O)Nc2cc(Cl)ccc2OC)c1. The molecule has 1 atom stereocenters. The first-order chi connectivity index (χ1) is 12.9. The predicted molar refractivity (Wildman–Crippen MR) is 101 cm³/mol. The number of esters is 1. The quantitative estimate of drug-likeness (QED) is 0.724. The van der Waals surface area contributed by atoms with Crippen molar-refractivity contribution in [2.75, 3.05) is 26.6 Å². The van der Waals surface area contributed by atoms with Crippen LogP contribution in [0.2, 0.25) is 5.02 Å². The summed E-state index contributed by atoms with van der Waals surface area (Å²) < 4.78 is 20.7. The summed E-state index contributed by atoms with van der Waals surface area (Å²) in [6.45, 7) is 1.46. The summed E-state index contributed by atoms with van der Waals surface area (Å²) in [6.07, 6.45) is -1.07. The monoisotopic (exact) mass is 393 g/mol. The van der Waals surface area contributed by atoms with Gasteiger partial charge in [0.25, 0.3) is 5.91 Å². The van der Waals surface area contributed by atoms with Gasteiger partial charge in [0.1, 0.15) is 22.8 Å². The van der Waals surface area contributed by atoms with E-state index in [9.17, 15) is 9.59 Å². The maximum Gasteiger partial charge on any atom is 0.342 e. The Hall–Kier alpha value is -2.93. The third kappa shape index (κ3) is 5.04. The molecular weight excluding hydrogens is 374 g/mol. The number of carbonyl (C=O) groups excluding carboxylic acids is 2. The highest BCUT2D eigenvalue weighted by Crippen LogP contribution is 2.28. The van der Waals surface area contributed by atoms with Crippen molar-refractivity contribution in [1.82, 2.24) is 0 Å². The summed E-state index contributed by atoms with van der Waals surface area (Å²) in [4.78, 5) is 24.8. The van der Waals surface area contributed by atoms with Gasteiger partial charge in [-0.1, -0.05) is 11.6 Å². The molecule has 8 heteroatoms. The van der Waals surface area contributed by atoms with Crippen molar-refractivity contribution >= 4 is 29.2 Å². The molecule has 1 amide bonds. The standard InChI is InChI=1S/C19H20ClNO6/c1-11(18(22)21-15-9-12(20)5-7-17(15)26-4)27-19(23)14-10-13(24-2)6-8-16(14)25-3/h5-11H,1-4H3,(H,21,22)/t11-/m1/s1. The van der Waals surface area contributed by atoms with Crippen LogP contribution in [0.5, 0.6) is 17.2 Å². The average molecular weight is 394 g/mol. The summed E-state index contributed by atoms with van der Waals surface area (Å²) >= 11 is 5.95. The molecule has 0 aromatic heterocycles. The highest BCUT2D eigenvalue weighted by Gasteiger charge is 2.23. The molecule has 0 aliphatic carbocycles. The fraction of sp³-hybridized carbons (Fsp3) is 0.263. The highest BCUT2D eigenvalue weighted by molar-refractivity contribution is 6.31. The Kier molecular flexibility index (Phi) is 6.90. The van der Waals surface area contributed by atoms with Crippen LogP contribution >= 0.6 is 11.6 Å². The number of nitrogens with one attached hydrogen (secondary N) is 1. The second-order valence-electron chi connectivity index (χ2n) is 5.45. The molecule has 0 heterocycles. The number of carbonyl (C=O) groups is 2. The molecule has 0 spiro atoms. The Labute approximate surface area is 162 Å². The number of amides is 1. The smallest absolute Gasteiger partial charge is 0.342 e. The van der Waals surface area contributed by atoms with Gasteiger partial charge in [-0.15, -0.1) is 0 Å². The summed E-state index contributed by atoms with van der Waals surface area (Å²) in [5.41, 5.74) is 0.522. The minimum absolute atomic E-state index is 0.150. The minimum Gasteiger partial charge on any atom is -0.497 e. The topological polar surface area (TPSA) is 83.1 Å². The van der Waals surface area contributed by atoms with E-state index in [-0.39, 0.29) is 5.56 Å². The van der Waals surface area contributed by atoms with Gasteiger partial charge in [0.2, 0.25) is 0 Å². The van der Waals surface area contributed by atoms with Crippen molar-refractivity contribution in [2.24, 2.45) is 0 Å². The number of ether oxygens (including phenoxy) is 4.